The molecular formula is C17H28O5. The molecule has 0 aromatic carbocycles. The Morgan fingerprint density at radius 2 is 1.91 bits per heavy atom. The van der Waals surface area contributed by atoms with Gasteiger partial charge < -0.3 is 14.2 Å². The molecule has 1 saturated carbocycles. The van der Waals surface area contributed by atoms with Crippen LogP contribution in [0.25, 0.3) is 0 Å². The van der Waals surface area contributed by atoms with E-state index in [4.69, 9.17) is 24.0 Å². The Morgan fingerprint density at radius 1 is 1.09 bits per heavy atom. The summed E-state index contributed by atoms with van der Waals surface area (Å²) in [6.45, 7) is 9.15. The van der Waals surface area contributed by atoms with Gasteiger partial charge in [-0.2, -0.15) is 0 Å². The fourth-order valence-corrected chi connectivity index (χ4v) is 5.23. The smallest absolute Gasteiger partial charge is 0.201 e. The normalized spacial score (nSPS) is 57.3. The molecule has 2 bridgehead atoms. The number of fused-ring (bicyclic) bond motifs is 2. The molecule has 22 heavy (non-hydrogen) atoms. The van der Waals surface area contributed by atoms with Crippen LogP contribution in [-0.2, 0) is 24.0 Å². The third kappa shape index (κ3) is 1.96. The van der Waals surface area contributed by atoms with Crippen molar-refractivity contribution in [3.8, 4) is 0 Å². The first-order valence-corrected chi connectivity index (χ1v) is 8.82. The van der Waals surface area contributed by atoms with E-state index in [0.29, 0.717) is 24.4 Å². The molecule has 5 aliphatic rings. The summed E-state index contributed by atoms with van der Waals surface area (Å²) in [5.74, 6) is 0.957. The summed E-state index contributed by atoms with van der Waals surface area (Å²) in [5, 5.41) is 0. The minimum absolute atomic E-state index is 0.216. The van der Waals surface area contributed by atoms with Crippen molar-refractivity contribution < 1.29 is 24.0 Å². The van der Waals surface area contributed by atoms with Crippen LogP contribution in [0.15, 0.2) is 0 Å². The SMILES string of the molecule is CCO[C@H]1O[C@@H]2O[C@@]3(C)CC[C@H]4[C@H](C)CC[C@@H]([C@H]1C)[C@@]24OO3. The third-order valence-electron chi connectivity index (χ3n) is 6.43. The maximum Gasteiger partial charge on any atom is 0.201 e. The van der Waals surface area contributed by atoms with Crippen molar-refractivity contribution in [3.05, 3.63) is 0 Å². The average Bonchev–Trinajstić information content (AvgIpc) is 2.71. The average molecular weight is 312 g/mol. The lowest BCUT2D eigenvalue weighted by Gasteiger charge is -2.60. The third-order valence-corrected chi connectivity index (χ3v) is 6.43. The van der Waals surface area contributed by atoms with E-state index in [1.807, 2.05) is 13.8 Å². The first-order chi connectivity index (χ1) is 10.5. The van der Waals surface area contributed by atoms with Crippen molar-refractivity contribution >= 4 is 0 Å². The Balaban J connectivity index is 1.75. The largest absolute Gasteiger partial charge is 0.353 e. The lowest BCUT2D eigenvalue weighted by atomic mass is 9.58. The Kier molecular flexibility index (Phi) is 3.59. The molecule has 0 radical (unpaired) electrons. The molecule has 0 aromatic rings. The minimum atomic E-state index is -0.700. The van der Waals surface area contributed by atoms with Crippen molar-refractivity contribution in [3.63, 3.8) is 0 Å². The molecule has 8 atom stereocenters. The van der Waals surface area contributed by atoms with Gasteiger partial charge in [0, 0.05) is 24.9 Å². The van der Waals surface area contributed by atoms with Crippen molar-refractivity contribution in [2.24, 2.45) is 23.7 Å². The molecule has 5 fully saturated rings. The zero-order valence-electron chi connectivity index (χ0n) is 14.0. The van der Waals surface area contributed by atoms with E-state index in [-0.39, 0.29) is 18.5 Å². The number of hydrogen-bond acceptors (Lipinski definition) is 5. The highest BCUT2D eigenvalue weighted by atomic mass is 17.3. The second-order valence-electron chi connectivity index (χ2n) is 7.73. The zero-order chi connectivity index (χ0) is 15.5. The van der Waals surface area contributed by atoms with Crippen LogP contribution in [0.5, 0.6) is 0 Å². The number of rotatable bonds is 2. The fourth-order valence-electron chi connectivity index (χ4n) is 5.23. The lowest BCUT2D eigenvalue weighted by molar-refractivity contribution is -0.577. The van der Waals surface area contributed by atoms with E-state index in [1.54, 1.807) is 0 Å². The molecule has 126 valence electrons. The first kappa shape index (κ1) is 15.3. The Bertz CT molecular complexity index is 443. The quantitative estimate of drug-likeness (QED) is 0.733. The maximum absolute atomic E-state index is 6.25. The lowest BCUT2D eigenvalue weighted by Crippen LogP contribution is -2.70. The summed E-state index contributed by atoms with van der Waals surface area (Å²) in [6, 6.07) is 0. The standard InChI is InChI=1S/C17H28O5/c1-5-18-14-11(3)13-7-6-10(2)12-8-9-16(4)20-15(19-14)17(12,13)22-21-16/h10-15H,5-9H2,1-4H3/t10-,11-,12+,13+,14+,15-,16-,17-/m1/s1. The molecule has 0 aromatic heterocycles. The molecule has 4 saturated heterocycles. The second-order valence-corrected chi connectivity index (χ2v) is 7.73. The number of ether oxygens (including phenoxy) is 3. The summed E-state index contributed by atoms with van der Waals surface area (Å²) >= 11 is 0. The van der Waals surface area contributed by atoms with Crippen LogP contribution in [0.1, 0.15) is 53.4 Å². The van der Waals surface area contributed by atoms with E-state index >= 15 is 0 Å². The predicted molar refractivity (Wildman–Crippen MR) is 78.5 cm³/mol. The van der Waals surface area contributed by atoms with Gasteiger partial charge in [-0.3, -0.25) is 0 Å². The van der Waals surface area contributed by atoms with Crippen molar-refractivity contribution in [1.29, 1.82) is 0 Å². The molecule has 1 aliphatic carbocycles. The van der Waals surface area contributed by atoms with Gasteiger partial charge in [0.15, 0.2) is 18.2 Å². The van der Waals surface area contributed by atoms with E-state index in [9.17, 15) is 0 Å². The molecule has 0 amide bonds. The van der Waals surface area contributed by atoms with Crippen molar-refractivity contribution in [2.45, 2.75) is 77.3 Å². The molecule has 4 heterocycles. The molecule has 0 unspecified atom stereocenters. The Hall–Kier alpha value is -0.200. The molecule has 0 N–H and O–H groups in total. The molecule has 5 heteroatoms. The summed E-state index contributed by atoms with van der Waals surface area (Å²) < 4.78 is 18.3. The molecular weight excluding hydrogens is 284 g/mol. The minimum Gasteiger partial charge on any atom is -0.353 e. The van der Waals surface area contributed by atoms with Crippen LogP contribution >= 0.6 is 0 Å². The van der Waals surface area contributed by atoms with Crippen molar-refractivity contribution in [1.82, 2.24) is 0 Å². The summed E-state index contributed by atoms with van der Waals surface area (Å²) in [7, 11) is 0. The van der Waals surface area contributed by atoms with Gasteiger partial charge in [-0.25, -0.2) is 9.78 Å². The van der Waals surface area contributed by atoms with Gasteiger partial charge in [-0.15, -0.1) is 0 Å². The van der Waals surface area contributed by atoms with E-state index < -0.39 is 11.4 Å². The van der Waals surface area contributed by atoms with Gasteiger partial charge in [0.05, 0.1) is 0 Å². The maximum atomic E-state index is 6.25. The van der Waals surface area contributed by atoms with Crippen molar-refractivity contribution in [2.75, 3.05) is 6.61 Å². The Labute approximate surface area is 132 Å². The van der Waals surface area contributed by atoms with Crippen LogP contribution in [0.3, 0.4) is 0 Å². The van der Waals surface area contributed by atoms with Gasteiger partial charge in [0.2, 0.25) is 5.79 Å². The fraction of sp³-hybridized carbons (Fsp3) is 1.00. The van der Waals surface area contributed by atoms with Gasteiger partial charge in [-0.1, -0.05) is 13.8 Å². The van der Waals surface area contributed by atoms with Gasteiger partial charge >= 0.3 is 0 Å². The molecule has 5 rings (SSSR count). The van der Waals surface area contributed by atoms with Crippen LogP contribution < -0.4 is 0 Å². The number of hydrogen-bond donors (Lipinski definition) is 0. The topological polar surface area (TPSA) is 46.2 Å². The van der Waals surface area contributed by atoms with E-state index in [2.05, 4.69) is 13.8 Å². The highest BCUT2D eigenvalue weighted by Crippen LogP contribution is 2.60. The summed E-state index contributed by atoms with van der Waals surface area (Å²) in [6.07, 6.45) is 3.66. The molecule has 5 nitrogen and oxygen atoms in total. The molecule has 4 aliphatic heterocycles. The first-order valence-electron chi connectivity index (χ1n) is 8.82. The van der Waals surface area contributed by atoms with Gasteiger partial charge in [-0.05, 0) is 44.9 Å². The Morgan fingerprint density at radius 3 is 2.68 bits per heavy atom. The van der Waals surface area contributed by atoms with E-state index in [0.717, 1.165) is 19.3 Å². The van der Waals surface area contributed by atoms with Crippen LogP contribution in [0.2, 0.25) is 0 Å². The van der Waals surface area contributed by atoms with Crippen LogP contribution in [0, 0.1) is 23.7 Å². The van der Waals surface area contributed by atoms with Gasteiger partial charge in [0.25, 0.3) is 0 Å². The highest BCUT2D eigenvalue weighted by molar-refractivity contribution is 5.09. The van der Waals surface area contributed by atoms with Crippen LogP contribution in [0.4, 0.5) is 0 Å². The van der Waals surface area contributed by atoms with Crippen LogP contribution in [-0.4, -0.2) is 30.6 Å². The monoisotopic (exact) mass is 312 g/mol. The predicted octanol–water partition coefficient (Wildman–Crippen LogP) is 3.23. The summed E-state index contributed by atoms with van der Waals surface area (Å²) in [4.78, 5) is 11.9. The van der Waals surface area contributed by atoms with Gasteiger partial charge in [0.1, 0.15) is 0 Å². The second kappa shape index (κ2) is 5.15. The zero-order valence-corrected chi connectivity index (χ0v) is 14.0. The summed E-state index contributed by atoms with van der Waals surface area (Å²) in [5.41, 5.74) is -0.472. The highest BCUT2D eigenvalue weighted by Gasteiger charge is 2.69. The van der Waals surface area contributed by atoms with E-state index in [1.165, 1.54) is 6.42 Å². The molecule has 1 spiro atoms.